The molecule has 0 spiro atoms. The van der Waals surface area contributed by atoms with Crippen molar-refractivity contribution in [2.24, 2.45) is 0 Å². The zero-order valence-corrected chi connectivity index (χ0v) is 8.35. The fourth-order valence-electron chi connectivity index (χ4n) is 1.16. The molecule has 0 aliphatic carbocycles. The highest BCUT2D eigenvalue weighted by Gasteiger charge is 2.05. The zero-order chi connectivity index (χ0) is 9.14. The lowest BCUT2D eigenvalue weighted by Crippen LogP contribution is -2.11. The van der Waals surface area contributed by atoms with Crippen LogP contribution in [0.5, 0.6) is 0 Å². The van der Waals surface area contributed by atoms with E-state index in [1.54, 1.807) is 18.8 Å². The van der Waals surface area contributed by atoms with Gasteiger partial charge in [-0.15, -0.1) is 11.8 Å². The van der Waals surface area contributed by atoms with Gasteiger partial charge in [0.05, 0.1) is 5.69 Å². The number of aryl methyl sites for hydroxylation is 1. The van der Waals surface area contributed by atoms with Crippen molar-refractivity contribution < 1.29 is 5.21 Å². The van der Waals surface area contributed by atoms with Crippen LogP contribution in [0, 0.1) is 6.92 Å². The van der Waals surface area contributed by atoms with Gasteiger partial charge in [0.25, 0.3) is 0 Å². The van der Waals surface area contributed by atoms with Gasteiger partial charge >= 0.3 is 0 Å². The molecule has 1 rings (SSSR count). The first-order valence-corrected chi connectivity index (χ1v) is 4.95. The molecule has 0 aromatic heterocycles. The van der Waals surface area contributed by atoms with E-state index in [2.05, 4.69) is 0 Å². The lowest BCUT2D eigenvalue weighted by Gasteiger charge is -2.15. The van der Waals surface area contributed by atoms with Crippen molar-refractivity contribution in [3.63, 3.8) is 0 Å². The van der Waals surface area contributed by atoms with E-state index in [9.17, 15) is 5.21 Å². The number of hydroxylamine groups is 1. The Bertz CT molecular complexity index is 273. The SMILES string of the molecule is CSc1c(C)cccc1N(C)O. The Hall–Kier alpha value is -0.670. The number of benzene rings is 1. The fraction of sp³-hybridized carbons (Fsp3) is 0.333. The number of nitrogens with zero attached hydrogens (tertiary/aromatic N) is 1. The number of hydrogen-bond acceptors (Lipinski definition) is 3. The van der Waals surface area contributed by atoms with E-state index in [0.29, 0.717) is 0 Å². The Kier molecular flexibility index (Phi) is 3.00. The van der Waals surface area contributed by atoms with Gasteiger partial charge in [0.2, 0.25) is 0 Å². The Balaban J connectivity index is 3.18. The van der Waals surface area contributed by atoms with Gasteiger partial charge < -0.3 is 0 Å². The van der Waals surface area contributed by atoms with E-state index in [1.165, 1.54) is 5.56 Å². The summed E-state index contributed by atoms with van der Waals surface area (Å²) in [5, 5.41) is 10.4. The Morgan fingerprint density at radius 2 is 2.08 bits per heavy atom. The highest BCUT2D eigenvalue weighted by molar-refractivity contribution is 7.98. The topological polar surface area (TPSA) is 23.5 Å². The van der Waals surface area contributed by atoms with Gasteiger partial charge in [0, 0.05) is 11.9 Å². The van der Waals surface area contributed by atoms with Crippen molar-refractivity contribution in [1.29, 1.82) is 0 Å². The van der Waals surface area contributed by atoms with Crippen LogP contribution < -0.4 is 5.06 Å². The molecule has 0 heterocycles. The van der Waals surface area contributed by atoms with E-state index in [4.69, 9.17) is 0 Å². The third-order valence-electron chi connectivity index (χ3n) is 1.74. The third-order valence-corrected chi connectivity index (χ3v) is 2.68. The Morgan fingerprint density at radius 3 is 2.50 bits per heavy atom. The summed E-state index contributed by atoms with van der Waals surface area (Å²) >= 11 is 1.65. The third kappa shape index (κ3) is 1.73. The molecular formula is C9H13NOS. The number of hydrogen-bond donors (Lipinski definition) is 1. The molecule has 1 aromatic carbocycles. The van der Waals surface area contributed by atoms with Gasteiger partial charge in [0.15, 0.2) is 0 Å². The summed E-state index contributed by atoms with van der Waals surface area (Å²) < 4.78 is 0. The molecule has 0 atom stereocenters. The maximum absolute atomic E-state index is 9.28. The summed E-state index contributed by atoms with van der Waals surface area (Å²) in [6.45, 7) is 2.04. The van der Waals surface area contributed by atoms with Crippen molar-refractivity contribution in [1.82, 2.24) is 0 Å². The van der Waals surface area contributed by atoms with Gasteiger partial charge in [-0.05, 0) is 24.8 Å². The van der Waals surface area contributed by atoms with Crippen LogP contribution in [0.15, 0.2) is 23.1 Å². The number of rotatable bonds is 2. The van der Waals surface area contributed by atoms with Crippen LogP contribution in [-0.4, -0.2) is 18.5 Å². The molecule has 0 fully saturated rings. The first-order chi connectivity index (χ1) is 5.66. The van der Waals surface area contributed by atoms with Crippen molar-refractivity contribution in [2.45, 2.75) is 11.8 Å². The molecular weight excluding hydrogens is 170 g/mol. The summed E-state index contributed by atoms with van der Waals surface area (Å²) in [5.74, 6) is 0. The summed E-state index contributed by atoms with van der Waals surface area (Å²) in [7, 11) is 1.63. The maximum Gasteiger partial charge on any atom is 0.0769 e. The minimum absolute atomic E-state index is 0.863. The van der Waals surface area contributed by atoms with E-state index in [0.717, 1.165) is 15.6 Å². The molecule has 0 amide bonds. The second-order valence-corrected chi connectivity index (χ2v) is 3.47. The molecule has 0 bridgehead atoms. The van der Waals surface area contributed by atoms with Crippen LogP contribution in [0.2, 0.25) is 0 Å². The van der Waals surface area contributed by atoms with Crippen LogP contribution in [0.1, 0.15) is 5.56 Å². The average Bonchev–Trinajstić information content (AvgIpc) is 2.03. The summed E-state index contributed by atoms with van der Waals surface area (Å²) in [6.07, 6.45) is 2.01. The maximum atomic E-state index is 9.28. The van der Waals surface area contributed by atoms with Gasteiger partial charge in [-0.2, -0.15) is 0 Å². The lowest BCUT2D eigenvalue weighted by atomic mass is 10.2. The quantitative estimate of drug-likeness (QED) is 0.563. The minimum Gasteiger partial charge on any atom is -0.289 e. The molecule has 0 aliphatic heterocycles. The van der Waals surface area contributed by atoms with Crippen LogP contribution in [0.3, 0.4) is 0 Å². The van der Waals surface area contributed by atoms with Crippen molar-refractivity contribution in [2.75, 3.05) is 18.4 Å². The first-order valence-electron chi connectivity index (χ1n) is 3.73. The molecule has 2 nitrogen and oxygen atoms in total. The van der Waals surface area contributed by atoms with Crippen LogP contribution in [0.25, 0.3) is 0 Å². The molecule has 3 heteroatoms. The van der Waals surface area contributed by atoms with Gasteiger partial charge in [0.1, 0.15) is 0 Å². The van der Waals surface area contributed by atoms with Crippen molar-refractivity contribution in [3.8, 4) is 0 Å². The predicted molar refractivity (Wildman–Crippen MR) is 53.1 cm³/mol. The molecule has 1 aromatic rings. The summed E-state index contributed by atoms with van der Waals surface area (Å²) in [4.78, 5) is 1.13. The van der Waals surface area contributed by atoms with Crippen LogP contribution in [0.4, 0.5) is 5.69 Å². The predicted octanol–water partition coefficient (Wildman–Crippen LogP) is 2.54. The second kappa shape index (κ2) is 3.83. The van der Waals surface area contributed by atoms with Crippen molar-refractivity contribution >= 4 is 17.4 Å². The monoisotopic (exact) mass is 183 g/mol. The highest BCUT2D eigenvalue weighted by Crippen LogP contribution is 2.29. The molecule has 0 aliphatic rings. The lowest BCUT2D eigenvalue weighted by molar-refractivity contribution is 0.277. The molecule has 0 saturated carbocycles. The van der Waals surface area contributed by atoms with Gasteiger partial charge in [-0.3, -0.25) is 10.3 Å². The molecule has 66 valence electrons. The second-order valence-electron chi connectivity index (χ2n) is 2.65. The van der Waals surface area contributed by atoms with Crippen LogP contribution >= 0.6 is 11.8 Å². The summed E-state index contributed by atoms with van der Waals surface area (Å²) in [5.41, 5.74) is 2.06. The number of thioether (sulfide) groups is 1. The summed E-state index contributed by atoms with van der Waals surface area (Å²) in [6, 6.07) is 5.88. The molecule has 0 unspecified atom stereocenters. The van der Waals surface area contributed by atoms with Crippen LogP contribution in [-0.2, 0) is 0 Å². The minimum atomic E-state index is 0.863. The zero-order valence-electron chi connectivity index (χ0n) is 7.53. The largest absolute Gasteiger partial charge is 0.289 e. The van der Waals surface area contributed by atoms with E-state index >= 15 is 0 Å². The normalized spacial score (nSPS) is 10.0. The van der Waals surface area contributed by atoms with Gasteiger partial charge in [-0.1, -0.05) is 12.1 Å². The number of anilines is 1. The van der Waals surface area contributed by atoms with Gasteiger partial charge in [-0.25, -0.2) is 0 Å². The first kappa shape index (κ1) is 9.42. The van der Waals surface area contributed by atoms with E-state index in [-0.39, 0.29) is 0 Å². The fourth-order valence-corrected chi connectivity index (χ4v) is 1.96. The standard InChI is InChI=1S/C9H13NOS/c1-7-5-4-6-8(10(2)11)9(7)12-3/h4-6,11H,1-3H3. The Labute approximate surface area is 77.2 Å². The molecule has 0 radical (unpaired) electrons. The molecule has 12 heavy (non-hydrogen) atoms. The molecule has 1 N–H and O–H groups in total. The van der Waals surface area contributed by atoms with Crippen molar-refractivity contribution in [3.05, 3.63) is 23.8 Å². The van der Waals surface area contributed by atoms with E-state index in [1.807, 2.05) is 31.4 Å². The smallest absolute Gasteiger partial charge is 0.0769 e. The average molecular weight is 183 g/mol. The Morgan fingerprint density at radius 1 is 1.42 bits per heavy atom. The molecule has 0 saturated heterocycles. The van der Waals surface area contributed by atoms with E-state index < -0.39 is 0 Å². The highest BCUT2D eigenvalue weighted by atomic mass is 32.2.